The van der Waals surface area contributed by atoms with Crippen LogP contribution in [0.4, 0.5) is 11.4 Å². The molecule has 5 heteroatoms. The largest absolute Gasteiger partial charge is 0.399 e. The Bertz CT molecular complexity index is 419. The van der Waals surface area contributed by atoms with Gasteiger partial charge in [-0.3, -0.25) is 4.79 Å². The Hall–Kier alpha value is -1.75. The van der Waals surface area contributed by atoms with Gasteiger partial charge in [0.1, 0.15) is 0 Å². The molecule has 0 bridgehead atoms. The number of rotatable bonds is 5. The first-order valence-corrected chi connectivity index (χ1v) is 5.91. The van der Waals surface area contributed by atoms with Crippen molar-refractivity contribution in [2.45, 2.75) is 6.92 Å². The second-order valence-corrected chi connectivity index (χ2v) is 4.67. The summed E-state index contributed by atoms with van der Waals surface area (Å²) in [6, 6.07) is 5.25. The Morgan fingerprint density at radius 1 is 1.50 bits per heavy atom. The van der Waals surface area contributed by atoms with Crippen LogP contribution >= 0.6 is 0 Å². The summed E-state index contributed by atoms with van der Waals surface area (Å²) < 4.78 is 0. The molecule has 0 radical (unpaired) electrons. The highest BCUT2D eigenvalue weighted by molar-refractivity contribution is 6.00. The van der Waals surface area contributed by atoms with E-state index in [1.165, 1.54) is 0 Å². The molecule has 0 aliphatic heterocycles. The molecule has 4 N–H and O–H groups in total. The molecular weight excluding hydrogens is 230 g/mol. The fraction of sp³-hybridized carbons (Fsp3) is 0.462. The average molecular weight is 251 g/mol. The average Bonchev–Trinajstić information content (AvgIpc) is 2.34. The third-order valence-electron chi connectivity index (χ3n) is 2.67. The third-order valence-corrected chi connectivity index (χ3v) is 2.67. The molecular formula is C13H21N3O2. The van der Waals surface area contributed by atoms with E-state index in [0.717, 1.165) is 5.69 Å². The van der Waals surface area contributed by atoms with Crippen LogP contribution < -0.4 is 16.0 Å². The van der Waals surface area contributed by atoms with E-state index >= 15 is 0 Å². The van der Waals surface area contributed by atoms with Gasteiger partial charge in [-0.15, -0.1) is 0 Å². The lowest BCUT2D eigenvalue weighted by molar-refractivity contribution is 0.0943. The Labute approximate surface area is 108 Å². The number of aliphatic hydroxyl groups excluding tert-OH is 1. The zero-order chi connectivity index (χ0) is 13.7. The standard InChI is InChI=1S/C13H21N3O2/c1-9(8-17)7-15-13(18)11-6-10(14)4-5-12(11)16(2)3/h4-6,9,17H,7-8,14H2,1-3H3,(H,15,18). The van der Waals surface area contributed by atoms with Gasteiger partial charge in [-0.25, -0.2) is 0 Å². The number of amides is 1. The minimum atomic E-state index is -0.175. The van der Waals surface area contributed by atoms with Crippen molar-refractivity contribution in [3.63, 3.8) is 0 Å². The minimum absolute atomic E-state index is 0.0396. The van der Waals surface area contributed by atoms with Crippen LogP contribution in [-0.2, 0) is 0 Å². The van der Waals surface area contributed by atoms with Crippen molar-refractivity contribution in [3.8, 4) is 0 Å². The SMILES string of the molecule is CC(CO)CNC(=O)c1cc(N)ccc1N(C)C. The van der Waals surface area contributed by atoms with Gasteiger partial charge in [-0.1, -0.05) is 6.92 Å². The maximum Gasteiger partial charge on any atom is 0.253 e. The van der Waals surface area contributed by atoms with Gasteiger partial charge in [-0.2, -0.15) is 0 Å². The monoisotopic (exact) mass is 251 g/mol. The summed E-state index contributed by atoms with van der Waals surface area (Å²) in [5.74, 6) is -0.135. The summed E-state index contributed by atoms with van der Waals surface area (Å²) in [5.41, 5.74) is 7.63. The number of carbonyl (C=O) groups is 1. The molecule has 0 saturated heterocycles. The molecule has 1 aromatic carbocycles. The number of nitrogens with zero attached hydrogens (tertiary/aromatic N) is 1. The van der Waals surface area contributed by atoms with E-state index in [1.54, 1.807) is 12.1 Å². The maximum absolute atomic E-state index is 12.1. The van der Waals surface area contributed by atoms with Crippen LogP contribution in [-0.4, -0.2) is 38.3 Å². The molecule has 1 rings (SSSR count). The highest BCUT2D eigenvalue weighted by Crippen LogP contribution is 2.21. The predicted molar refractivity (Wildman–Crippen MR) is 73.8 cm³/mol. The van der Waals surface area contributed by atoms with Crippen molar-refractivity contribution in [2.75, 3.05) is 37.9 Å². The van der Waals surface area contributed by atoms with E-state index in [1.807, 2.05) is 32.0 Å². The number of anilines is 2. The molecule has 0 aromatic heterocycles. The van der Waals surface area contributed by atoms with Crippen molar-refractivity contribution < 1.29 is 9.90 Å². The highest BCUT2D eigenvalue weighted by Gasteiger charge is 2.13. The van der Waals surface area contributed by atoms with Gasteiger partial charge in [0.05, 0.1) is 5.56 Å². The molecule has 5 nitrogen and oxygen atoms in total. The van der Waals surface area contributed by atoms with Gasteiger partial charge in [0.15, 0.2) is 0 Å². The topological polar surface area (TPSA) is 78.6 Å². The quantitative estimate of drug-likeness (QED) is 0.673. The molecule has 0 heterocycles. The van der Waals surface area contributed by atoms with Gasteiger partial charge in [0.25, 0.3) is 5.91 Å². The Balaban J connectivity index is 2.87. The van der Waals surface area contributed by atoms with Gasteiger partial charge in [0.2, 0.25) is 0 Å². The lowest BCUT2D eigenvalue weighted by Gasteiger charge is -2.18. The molecule has 100 valence electrons. The highest BCUT2D eigenvalue weighted by atomic mass is 16.3. The summed E-state index contributed by atoms with van der Waals surface area (Å²) in [6.45, 7) is 2.36. The predicted octanol–water partition coefficient (Wildman–Crippen LogP) is 0.693. The molecule has 1 unspecified atom stereocenters. The molecule has 1 atom stereocenters. The van der Waals surface area contributed by atoms with Crippen LogP contribution in [0.25, 0.3) is 0 Å². The van der Waals surface area contributed by atoms with Crippen molar-refractivity contribution in [1.29, 1.82) is 0 Å². The van der Waals surface area contributed by atoms with E-state index in [-0.39, 0.29) is 18.4 Å². The van der Waals surface area contributed by atoms with Gasteiger partial charge < -0.3 is 21.1 Å². The van der Waals surface area contributed by atoms with Crippen molar-refractivity contribution in [2.24, 2.45) is 5.92 Å². The number of nitrogen functional groups attached to an aromatic ring is 1. The Morgan fingerprint density at radius 3 is 2.72 bits per heavy atom. The normalized spacial score (nSPS) is 12.0. The number of nitrogens with two attached hydrogens (primary N) is 1. The third kappa shape index (κ3) is 3.63. The number of hydrogen-bond donors (Lipinski definition) is 3. The van der Waals surface area contributed by atoms with Gasteiger partial charge in [0, 0.05) is 38.6 Å². The molecule has 1 amide bonds. The first-order valence-electron chi connectivity index (χ1n) is 5.91. The zero-order valence-electron chi connectivity index (χ0n) is 11.1. The summed E-state index contributed by atoms with van der Waals surface area (Å²) in [7, 11) is 3.75. The van der Waals surface area contributed by atoms with E-state index < -0.39 is 0 Å². The Kier molecular flexibility index (Phi) is 4.97. The number of carbonyl (C=O) groups excluding carboxylic acids is 1. The fourth-order valence-electron chi connectivity index (χ4n) is 1.55. The molecule has 0 aliphatic rings. The maximum atomic E-state index is 12.1. The molecule has 0 aliphatic carbocycles. The lowest BCUT2D eigenvalue weighted by Crippen LogP contribution is -2.30. The number of hydrogen-bond acceptors (Lipinski definition) is 4. The van der Waals surface area contributed by atoms with Crippen molar-refractivity contribution in [1.82, 2.24) is 5.32 Å². The zero-order valence-corrected chi connectivity index (χ0v) is 11.1. The lowest BCUT2D eigenvalue weighted by atomic mass is 10.1. The molecule has 0 fully saturated rings. The summed E-state index contributed by atoms with van der Waals surface area (Å²) in [4.78, 5) is 13.9. The minimum Gasteiger partial charge on any atom is -0.399 e. The van der Waals surface area contributed by atoms with Crippen LogP contribution in [0.15, 0.2) is 18.2 Å². The molecule has 1 aromatic rings. The van der Waals surface area contributed by atoms with Gasteiger partial charge in [-0.05, 0) is 24.1 Å². The molecule has 0 saturated carbocycles. The summed E-state index contributed by atoms with van der Waals surface area (Å²) >= 11 is 0. The first-order chi connectivity index (χ1) is 8.45. The van der Waals surface area contributed by atoms with E-state index in [9.17, 15) is 4.79 Å². The number of benzene rings is 1. The smallest absolute Gasteiger partial charge is 0.253 e. The molecule has 0 spiro atoms. The van der Waals surface area contributed by atoms with E-state index in [2.05, 4.69) is 5.32 Å². The van der Waals surface area contributed by atoms with Crippen LogP contribution in [0.1, 0.15) is 17.3 Å². The van der Waals surface area contributed by atoms with E-state index in [4.69, 9.17) is 10.8 Å². The van der Waals surface area contributed by atoms with Crippen molar-refractivity contribution in [3.05, 3.63) is 23.8 Å². The second kappa shape index (κ2) is 6.26. The number of aliphatic hydroxyl groups is 1. The molecule has 18 heavy (non-hydrogen) atoms. The fourth-order valence-corrected chi connectivity index (χ4v) is 1.55. The van der Waals surface area contributed by atoms with Crippen LogP contribution in [0.2, 0.25) is 0 Å². The van der Waals surface area contributed by atoms with Crippen LogP contribution in [0.3, 0.4) is 0 Å². The van der Waals surface area contributed by atoms with E-state index in [0.29, 0.717) is 17.8 Å². The number of nitrogens with one attached hydrogen (secondary N) is 1. The Morgan fingerprint density at radius 2 is 2.17 bits per heavy atom. The first kappa shape index (κ1) is 14.3. The van der Waals surface area contributed by atoms with Crippen molar-refractivity contribution >= 4 is 17.3 Å². The summed E-state index contributed by atoms with van der Waals surface area (Å²) in [5, 5.41) is 11.7. The van der Waals surface area contributed by atoms with Crippen LogP contribution in [0, 0.1) is 5.92 Å². The van der Waals surface area contributed by atoms with Crippen LogP contribution in [0.5, 0.6) is 0 Å². The second-order valence-electron chi connectivity index (χ2n) is 4.67. The summed E-state index contributed by atoms with van der Waals surface area (Å²) in [6.07, 6.45) is 0. The van der Waals surface area contributed by atoms with Gasteiger partial charge >= 0.3 is 0 Å².